The van der Waals surface area contributed by atoms with E-state index in [4.69, 9.17) is 4.74 Å². The van der Waals surface area contributed by atoms with Gasteiger partial charge in [0.1, 0.15) is 5.75 Å². The van der Waals surface area contributed by atoms with Gasteiger partial charge in [-0.25, -0.2) is 0 Å². The molecular formula is C16H24N2O. The number of ether oxygens (including phenoxy) is 1. The Morgan fingerprint density at radius 2 is 2.05 bits per heavy atom. The van der Waals surface area contributed by atoms with Gasteiger partial charge in [-0.2, -0.15) is 0 Å². The second-order valence-electron chi connectivity index (χ2n) is 5.64. The van der Waals surface area contributed by atoms with Crippen molar-refractivity contribution in [1.82, 2.24) is 10.2 Å². The summed E-state index contributed by atoms with van der Waals surface area (Å²) in [6.45, 7) is 2.53. The Kier molecular flexibility index (Phi) is 3.76. The van der Waals surface area contributed by atoms with Crippen LogP contribution in [0.4, 0.5) is 0 Å². The third kappa shape index (κ3) is 2.26. The monoisotopic (exact) mass is 260 g/mol. The lowest BCUT2D eigenvalue weighted by Crippen LogP contribution is -2.45. The summed E-state index contributed by atoms with van der Waals surface area (Å²) in [5, 5.41) is 3.54. The summed E-state index contributed by atoms with van der Waals surface area (Å²) >= 11 is 0. The Balaban J connectivity index is 1.93. The average molecular weight is 260 g/mol. The van der Waals surface area contributed by atoms with Crippen molar-refractivity contribution in [3.8, 4) is 5.75 Å². The van der Waals surface area contributed by atoms with E-state index in [1.165, 1.54) is 43.5 Å². The first kappa shape index (κ1) is 12.9. The lowest BCUT2D eigenvalue weighted by Gasteiger charge is -2.39. The molecule has 0 bridgehead atoms. The predicted octanol–water partition coefficient (Wildman–Crippen LogP) is 2.37. The number of nitrogens with one attached hydrogen (secondary N) is 1. The number of rotatable bonds is 3. The topological polar surface area (TPSA) is 24.5 Å². The van der Waals surface area contributed by atoms with Crippen molar-refractivity contribution >= 4 is 0 Å². The van der Waals surface area contributed by atoms with Gasteiger partial charge in [-0.1, -0.05) is 12.1 Å². The highest BCUT2D eigenvalue weighted by Crippen LogP contribution is 2.38. The molecule has 0 spiro atoms. The number of nitrogens with zero attached hydrogens (tertiary/aromatic N) is 1. The van der Waals surface area contributed by atoms with Gasteiger partial charge in [-0.15, -0.1) is 0 Å². The molecule has 2 atom stereocenters. The third-order valence-corrected chi connectivity index (χ3v) is 4.72. The fourth-order valence-corrected chi connectivity index (χ4v) is 3.81. The van der Waals surface area contributed by atoms with Crippen LogP contribution in [0.3, 0.4) is 0 Å². The van der Waals surface area contributed by atoms with Crippen molar-refractivity contribution in [3.63, 3.8) is 0 Å². The van der Waals surface area contributed by atoms with Crippen LogP contribution in [0.1, 0.15) is 36.4 Å². The summed E-state index contributed by atoms with van der Waals surface area (Å²) in [4.78, 5) is 2.67. The third-order valence-electron chi connectivity index (χ3n) is 4.72. The SMILES string of the molecule is CNC1c2cccc(OC)c2CCC1N1CCCC1. The number of fused-ring (bicyclic) bond motifs is 1. The fourth-order valence-electron chi connectivity index (χ4n) is 3.81. The number of benzene rings is 1. The average Bonchev–Trinajstić information content (AvgIpc) is 2.99. The fraction of sp³-hybridized carbons (Fsp3) is 0.625. The minimum Gasteiger partial charge on any atom is -0.496 e. The van der Waals surface area contributed by atoms with E-state index >= 15 is 0 Å². The molecule has 0 radical (unpaired) electrons. The molecule has 0 saturated carbocycles. The van der Waals surface area contributed by atoms with E-state index in [-0.39, 0.29) is 0 Å². The number of hydrogen-bond acceptors (Lipinski definition) is 3. The van der Waals surface area contributed by atoms with Crippen LogP contribution in [0, 0.1) is 0 Å². The van der Waals surface area contributed by atoms with Gasteiger partial charge in [-0.3, -0.25) is 4.90 Å². The Morgan fingerprint density at radius 3 is 2.74 bits per heavy atom. The molecule has 1 aliphatic heterocycles. The maximum atomic E-state index is 5.52. The normalized spacial score (nSPS) is 27.3. The van der Waals surface area contributed by atoms with Gasteiger partial charge in [0.05, 0.1) is 7.11 Å². The lowest BCUT2D eigenvalue weighted by atomic mass is 9.83. The van der Waals surface area contributed by atoms with Crippen LogP contribution in [-0.2, 0) is 6.42 Å². The Hall–Kier alpha value is -1.06. The molecule has 2 aliphatic rings. The maximum Gasteiger partial charge on any atom is 0.122 e. The predicted molar refractivity (Wildman–Crippen MR) is 77.7 cm³/mol. The van der Waals surface area contributed by atoms with Crippen LogP contribution in [0.5, 0.6) is 5.75 Å². The zero-order valence-corrected chi connectivity index (χ0v) is 12.0. The molecule has 19 heavy (non-hydrogen) atoms. The molecule has 104 valence electrons. The van der Waals surface area contributed by atoms with Crippen molar-refractivity contribution in [2.24, 2.45) is 0 Å². The quantitative estimate of drug-likeness (QED) is 0.903. The zero-order valence-electron chi connectivity index (χ0n) is 12.0. The largest absolute Gasteiger partial charge is 0.496 e. The van der Waals surface area contributed by atoms with E-state index in [1.54, 1.807) is 7.11 Å². The van der Waals surface area contributed by atoms with Gasteiger partial charge in [0.2, 0.25) is 0 Å². The van der Waals surface area contributed by atoms with Crippen molar-refractivity contribution in [2.45, 2.75) is 37.8 Å². The summed E-state index contributed by atoms with van der Waals surface area (Å²) in [6, 6.07) is 7.56. The van der Waals surface area contributed by atoms with Crippen LogP contribution in [0.15, 0.2) is 18.2 Å². The molecule has 3 nitrogen and oxygen atoms in total. The molecule has 0 amide bonds. The van der Waals surface area contributed by atoms with E-state index in [1.807, 2.05) is 0 Å². The highest BCUT2D eigenvalue weighted by Gasteiger charge is 2.34. The number of likely N-dealkylation sites (tertiary alicyclic amines) is 1. The van der Waals surface area contributed by atoms with Gasteiger partial charge in [0.15, 0.2) is 0 Å². The van der Waals surface area contributed by atoms with Gasteiger partial charge in [0.25, 0.3) is 0 Å². The number of hydrogen-bond donors (Lipinski definition) is 1. The summed E-state index contributed by atoms with van der Waals surface area (Å²) in [6.07, 6.45) is 5.09. The maximum absolute atomic E-state index is 5.52. The zero-order chi connectivity index (χ0) is 13.2. The molecule has 1 heterocycles. The van der Waals surface area contributed by atoms with Gasteiger partial charge >= 0.3 is 0 Å². The molecule has 1 aromatic carbocycles. The number of methoxy groups -OCH3 is 1. The van der Waals surface area contributed by atoms with Crippen molar-refractivity contribution in [3.05, 3.63) is 29.3 Å². The van der Waals surface area contributed by atoms with Crippen molar-refractivity contribution < 1.29 is 4.74 Å². The highest BCUT2D eigenvalue weighted by atomic mass is 16.5. The second-order valence-corrected chi connectivity index (χ2v) is 5.64. The van der Waals surface area contributed by atoms with E-state index in [0.29, 0.717) is 12.1 Å². The molecule has 1 fully saturated rings. The first-order valence-electron chi connectivity index (χ1n) is 7.42. The van der Waals surface area contributed by atoms with Gasteiger partial charge < -0.3 is 10.1 Å². The minimum absolute atomic E-state index is 0.442. The van der Waals surface area contributed by atoms with Gasteiger partial charge in [-0.05, 0) is 63.0 Å². The molecule has 0 aromatic heterocycles. The molecule has 1 saturated heterocycles. The summed E-state index contributed by atoms with van der Waals surface area (Å²) < 4.78 is 5.52. The molecule has 1 aromatic rings. The van der Waals surface area contributed by atoms with E-state index < -0.39 is 0 Å². The summed E-state index contributed by atoms with van der Waals surface area (Å²) in [7, 11) is 3.86. The summed E-state index contributed by atoms with van der Waals surface area (Å²) in [5.41, 5.74) is 2.84. The minimum atomic E-state index is 0.442. The lowest BCUT2D eigenvalue weighted by molar-refractivity contribution is 0.175. The van der Waals surface area contributed by atoms with Crippen LogP contribution in [0.25, 0.3) is 0 Å². The molecule has 3 rings (SSSR count). The highest BCUT2D eigenvalue weighted by molar-refractivity contribution is 5.44. The van der Waals surface area contributed by atoms with Crippen LogP contribution >= 0.6 is 0 Å². The Morgan fingerprint density at radius 1 is 1.26 bits per heavy atom. The molecular weight excluding hydrogens is 236 g/mol. The number of likely N-dealkylation sites (N-methyl/N-ethyl adjacent to an activating group) is 1. The molecule has 2 unspecified atom stereocenters. The second kappa shape index (κ2) is 5.51. The molecule has 3 heteroatoms. The van der Waals surface area contributed by atoms with Crippen molar-refractivity contribution in [2.75, 3.05) is 27.2 Å². The molecule has 1 N–H and O–H groups in total. The van der Waals surface area contributed by atoms with Crippen LogP contribution in [0.2, 0.25) is 0 Å². The standard InChI is InChI=1S/C16H24N2O/c1-17-16-13-6-5-7-15(19-2)12(13)8-9-14(16)18-10-3-4-11-18/h5-7,14,16-17H,3-4,8-11H2,1-2H3. The smallest absolute Gasteiger partial charge is 0.122 e. The molecule has 1 aliphatic carbocycles. The Bertz CT molecular complexity index is 440. The van der Waals surface area contributed by atoms with Crippen LogP contribution < -0.4 is 10.1 Å². The van der Waals surface area contributed by atoms with E-state index in [9.17, 15) is 0 Å². The van der Waals surface area contributed by atoms with E-state index in [2.05, 4.69) is 35.5 Å². The van der Waals surface area contributed by atoms with Gasteiger partial charge in [0, 0.05) is 12.1 Å². The first-order valence-corrected chi connectivity index (χ1v) is 7.42. The van der Waals surface area contributed by atoms with E-state index in [0.717, 1.165) is 12.2 Å². The summed E-state index contributed by atoms with van der Waals surface area (Å²) in [5.74, 6) is 1.05. The Labute approximate surface area is 115 Å². The first-order chi connectivity index (χ1) is 9.35. The van der Waals surface area contributed by atoms with Crippen molar-refractivity contribution in [1.29, 1.82) is 0 Å². The van der Waals surface area contributed by atoms with Crippen LogP contribution in [-0.4, -0.2) is 38.2 Å².